The number of carbonyl (C=O) groups is 1. The topological polar surface area (TPSA) is 73.6 Å². The van der Waals surface area contributed by atoms with Crippen molar-refractivity contribution in [2.75, 3.05) is 0 Å². The predicted octanol–water partition coefficient (Wildman–Crippen LogP) is 2.02. The van der Waals surface area contributed by atoms with Crippen LogP contribution in [0.1, 0.15) is 48.3 Å². The Balaban J connectivity index is 2.22. The first-order valence-electron chi connectivity index (χ1n) is 7.24. The molecule has 0 unspecified atom stereocenters. The van der Waals surface area contributed by atoms with E-state index in [0.29, 0.717) is 23.7 Å². The van der Waals surface area contributed by atoms with Crippen LogP contribution in [-0.4, -0.2) is 30.7 Å². The van der Waals surface area contributed by atoms with Crippen LogP contribution in [0.25, 0.3) is 0 Å². The van der Waals surface area contributed by atoms with Crippen LogP contribution in [-0.2, 0) is 19.4 Å². The average Bonchev–Trinajstić information content (AvgIpc) is 2.85. The van der Waals surface area contributed by atoms with Gasteiger partial charge in [0.1, 0.15) is 12.2 Å². The molecule has 0 atom stereocenters. The molecule has 0 aliphatic heterocycles. The Morgan fingerprint density at radius 1 is 1.33 bits per heavy atom. The highest BCUT2D eigenvalue weighted by molar-refractivity contribution is 5.98. The lowest BCUT2D eigenvalue weighted by atomic mass is 10.0. The third-order valence-electron chi connectivity index (χ3n) is 3.18. The quantitative estimate of drug-likeness (QED) is 0.760. The summed E-state index contributed by atoms with van der Waals surface area (Å²) in [5.41, 5.74) is 2.13. The number of ketones is 1. The molecule has 112 valence electrons. The van der Waals surface area contributed by atoms with Crippen molar-refractivity contribution in [1.29, 1.82) is 0 Å². The van der Waals surface area contributed by atoms with E-state index in [-0.39, 0.29) is 12.2 Å². The molecule has 0 aliphatic carbocycles. The lowest BCUT2D eigenvalue weighted by Gasteiger charge is -2.09. The molecule has 0 aromatic carbocycles. The number of rotatable bonds is 6. The van der Waals surface area contributed by atoms with Crippen molar-refractivity contribution in [2.45, 2.75) is 47.1 Å². The maximum atomic E-state index is 12.5. The molecule has 0 saturated carbocycles. The van der Waals surface area contributed by atoms with Gasteiger partial charge >= 0.3 is 0 Å². The van der Waals surface area contributed by atoms with E-state index in [0.717, 1.165) is 17.9 Å². The molecule has 2 aromatic heterocycles. The summed E-state index contributed by atoms with van der Waals surface area (Å²) in [6.07, 6.45) is 2.43. The minimum absolute atomic E-state index is 0.0165. The summed E-state index contributed by atoms with van der Waals surface area (Å²) < 4.78 is 1.80. The number of aryl methyl sites for hydroxylation is 2. The van der Waals surface area contributed by atoms with Gasteiger partial charge in [-0.15, -0.1) is 0 Å². The zero-order valence-corrected chi connectivity index (χ0v) is 13.0. The number of hydrogen-bond donors (Lipinski definition) is 0. The first-order valence-corrected chi connectivity index (χ1v) is 7.24. The molecule has 0 fully saturated rings. The van der Waals surface area contributed by atoms with Crippen LogP contribution in [0.5, 0.6) is 0 Å². The lowest BCUT2D eigenvalue weighted by Crippen LogP contribution is -2.16. The number of nitrogens with zero attached hydrogens (tertiary/aromatic N) is 5. The molecule has 0 aliphatic rings. The van der Waals surface area contributed by atoms with Crippen molar-refractivity contribution < 1.29 is 4.79 Å². The van der Waals surface area contributed by atoms with Gasteiger partial charge in [-0.2, -0.15) is 15.3 Å². The van der Waals surface area contributed by atoms with Gasteiger partial charge in [0.05, 0.1) is 17.8 Å². The minimum Gasteiger partial charge on any atom is -0.294 e. The fourth-order valence-electron chi connectivity index (χ4n) is 2.18. The van der Waals surface area contributed by atoms with Crippen molar-refractivity contribution >= 4 is 5.78 Å². The van der Waals surface area contributed by atoms with Crippen molar-refractivity contribution in [3.8, 4) is 0 Å². The molecule has 2 rings (SSSR count). The van der Waals surface area contributed by atoms with E-state index in [1.807, 2.05) is 13.8 Å². The van der Waals surface area contributed by atoms with Crippen LogP contribution < -0.4 is 0 Å². The SMILES string of the molecule is CCc1nnc(C)cc1C(=O)Cc1ncnn1CC(C)C. The monoisotopic (exact) mass is 287 g/mol. The van der Waals surface area contributed by atoms with E-state index < -0.39 is 0 Å². The normalized spacial score (nSPS) is 11.1. The molecule has 0 saturated heterocycles. The molecule has 21 heavy (non-hydrogen) atoms. The number of hydrogen-bond acceptors (Lipinski definition) is 5. The molecule has 6 heteroatoms. The molecule has 6 nitrogen and oxygen atoms in total. The molecule has 0 N–H and O–H groups in total. The standard InChI is InChI=1S/C15H21N5O/c1-5-13-12(6-11(4)18-19-13)14(21)7-15-16-9-17-20(15)8-10(2)3/h6,9-10H,5,7-8H2,1-4H3. The maximum Gasteiger partial charge on any atom is 0.172 e. The molecule has 0 spiro atoms. The Labute approximate surface area is 124 Å². The molecule has 0 amide bonds. The van der Waals surface area contributed by atoms with Gasteiger partial charge in [-0.1, -0.05) is 20.8 Å². The van der Waals surface area contributed by atoms with Crippen LogP contribution in [0.3, 0.4) is 0 Å². The van der Waals surface area contributed by atoms with Gasteiger partial charge in [-0.3, -0.25) is 4.79 Å². The van der Waals surface area contributed by atoms with Gasteiger partial charge in [0.25, 0.3) is 0 Å². The fraction of sp³-hybridized carbons (Fsp3) is 0.533. The van der Waals surface area contributed by atoms with Crippen LogP contribution >= 0.6 is 0 Å². The van der Waals surface area contributed by atoms with E-state index in [4.69, 9.17) is 0 Å². The fourth-order valence-corrected chi connectivity index (χ4v) is 2.18. The zero-order valence-electron chi connectivity index (χ0n) is 13.0. The van der Waals surface area contributed by atoms with Crippen molar-refractivity contribution in [1.82, 2.24) is 25.0 Å². The molecule has 2 aromatic rings. The van der Waals surface area contributed by atoms with E-state index in [2.05, 4.69) is 34.1 Å². The lowest BCUT2D eigenvalue weighted by molar-refractivity contribution is 0.0987. The molecule has 0 bridgehead atoms. The third kappa shape index (κ3) is 3.71. The van der Waals surface area contributed by atoms with Gasteiger partial charge in [-0.25, -0.2) is 9.67 Å². The van der Waals surface area contributed by atoms with Gasteiger partial charge in [0.15, 0.2) is 5.78 Å². The van der Waals surface area contributed by atoms with Crippen molar-refractivity contribution in [3.05, 3.63) is 35.2 Å². The number of Topliss-reactive ketones (excluding diaryl/α,β-unsaturated/α-hetero) is 1. The number of carbonyl (C=O) groups excluding carboxylic acids is 1. The highest BCUT2D eigenvalue weighted by atomic mass is 16.1. The summed E-state index contributed by atoms with van der Waals surface area (Å²) in [5.74, 6) is 1.17. The molecule has 0 radical (unpaired) electrons. The Kier molecular flexibility index (Phi) is 4.77. The van der Waals surface area contributed by atoms with Gasteiger partial charge in [0, 0.05) is 12.1 Å². The van der Waals surface area contributed by atoms with Crippen LogP contribution in [0, 0.1) is 12.8 Å². The summed E-state index contributed by atoms with van der Waals surface area (Å²) in [6.45, 7) is 8.79. The number of aromatic nitrogens is 5. The Bertz CT molecular complexity index is 633. The predicted molar refractivity (Wildman–Crippen MR) is 79.0 cm³/mol. The average molecular weight is 287 g/mol. The van der Waals surface area contributed by atoms with Crippen molar-refractivity contribution in [2.24, 2.45) is 5.92 Å². The molecular formula is C15H21N5O. The zero-order chi connectivity index (χ0) is 15.4. The van der Waals surface area contributed by atoms with E-state index in [9.17, 15) is 4.79 Å². The minimum atomic E-state index is 0.0165. The largest absolute Gasteiger partial charge is 0.294 e. The van der Waals surface area contributed by atoms with Gasteiger partial charge < -0.3 is 0 Å². The Hall–Kier alpha value is -2.11. The summed E-state index contributed by atoms with van der Waals surface area (Å²) in [4.78, 5) is 16.7. The molecular weight excluding hydrogens is 266 g/mol. The van der Waals surface area contributed by atoms with E-state index in [1.165, 1.54) is 6.33 Å². The van der Waals surface area contributed by atoms with E-state index >= 15 is 0 Å². The van der Waals surface area contributed by atoms with Crippen LogP contribution in [0.2, 0.25) is 0 Å². The Morgan fingerprint density at radius 2 is 2.10 bits per heavy atom. The summed E-state index contributed by atoms with van der Waals surface area (Å²) >= 11 is 0. The smallest absolute Gasteiger partial charge is 0.172 e. The highest BCUT2D eigenvalue weighted by Gasteiger charge is 2.17. The van der Waals surface area contributed by atoms with Gasteiger partial charge in [-0.05, 0) is 25.3 Å². The second-order valence-corrected chi connectivity index (χ2v) is 5.55. The highest BCUT2D eigenvalue weighted by Crippen LogP contribution is 2.12. The van der Waals surface area contributed by atoms with Crippen molar-refractivity contribution in [3.63, 3.8) is 0 Å². The van der Waals surface area contributed by atoms with E-state index in [1.54, 1.807) is 10.7 Å². The van der Waals surface area contributed by atoms with Crippen LogP contribution in [0.15, 0.2) is 12.4 Å². The first-order chi connectivity index (χ1) is 10.0. The molecule has 2 heterocycles. The van der Waals surface area contributed by atoms with Crippen LogP contribution in [0.4, 0.5) is 0 Å². The second kappa shape index (κ2) is 6.56. The first kappa shape index (κ1) is 15.3. The maximum absolute atomic E-state index is 12.5. The van der Waals surface area contributed by atoms with Gasteiger partial charge in [0.2, 0.25) is 0 Å². The second-order valence-electron chi connectivity index (χ2n) is 5.55. The Morgan fingerprint density at radius 3 is 2.76 bits per heavy atom. The summed E-state index contributed by atoms with van der Waals surface area (Å²) in [5, 5.41) is 12.3. The summed E-state index contributed by atoms with van der Waals surface area (Å²) in [7, 11) is 0. The summed E-state index contributed by atoms with van der Waals surface area (Å²) in [6, 6.07) is 1.80. The third-order valence-corrected chi connectivity index (χ3v) is 3.18.